The van der Waals surface area contributed by atoms with Gasteiger partial charge in [-0.3, -0.25) is 0 Å². The van der Waals surface area contributed by atoms with Crippen LogP contribution >= 0.6 is 27.3 Å². The van der Waals surface area contributed by atoms with Crippen LogP contribution in [0.25, 0.3) is 10.8 Å². The number of carboxylic acids is 1. The summed E-state index contributed by atoms with van der Waals surface area (Å²) in [6, 6.07) is 1.88. The highest BCUT2D eigenvalue weighted by molar-refractivity contribution is 9.10. The highest BCUT2D eigenvalue weighted by Gasteiger charge is 2.13. The Bertz CT molecular complexity index is 525. The average Bonchev–Trinajstić information content (AvgIpc) is 2.86. The molecule has 0 aromatic carbocycles. The van der Waals surface area contributed by atoms with E-state index in [1.807, 2.05) is 11.4 Å². The van der Waals surface area contributed by atoms with Crippen LogP contribution in [-0.4, -0.2) is 27.9 Å². The van der Waals surface area contributed by atoms with Gasteiger partial charge < -0.3 is 14.3 Å². The van der Waals surface area contributed by atoms with Crippen molar-refractivity contribution in [3.05, 3.63) is 21.8 Å². The predicted octanol–water partition coefficient (Wildman–Crippen LogP) is 2.16. The number of thiophene rings is 1. The SMILES string of the molecule is O=C(O)COCc1nnc(-c2sccc2Br)o1. The van der Waals surface area contributed by atoms with E-state index in [1.54, 1.807) is 0 Å². The number of hydrogen-bond donors (Lipinski definition) is 1. The van der Waals surface area contributed by atoms with Gasteiger partial charge in [-0.25, -0.2) is 4.79 Å². The Kier molecular flexibility index (Phi) is 3.87. The van der Waals surface area contributed by atoms with E-state index in [9.17, 15) is 4.79 Å². The maximum absolute atomic E-state index is 10.2. The van der Waals surface area contributed by atoms with Crippen LogP contribution in [0.1, 0.15) is 5.89 Å². The second-order valence-electron chi connectivity index (χ2n) is 2.99. The number of nitrogens with zero attached hydrogens (tertiary/aromatic N) is 2. The monoisotopic (exact) mass is 318 g/mol. The van der Waals surface area contributed by atoms with Gasteiger partial charge in [0.2, 0.25) is 5.89 Å². The van der Waals surface area contributed by atoms with E-state index in [1.165, 1.54) is 11.3 Å². The first kappa shape index (κ1) is 12.2. The maximum atomic E-state index is 10.2. The molecule has 17 heavy (non-hydrogen) atoms. The first-order valence-electron chi connectivity index (χ1n) is 4.52. The maximum Gasteiger partial charge on any atom is 0.329 e. The molecule has 0 saturated heterocycles. The Morgan fingerprint density at radius 3 is 3.06 bits per heavy atom. The fourth-order valence-corrected chi connectivity index (χ4v) is 2.54. The van der Waals surface area contributed by atoms with Gasteiger partial charge in [0.1, 0.15) is 18.1 Å². The molecular weight excluding hydrogens is 312 g/mol. The van der Waals surface area contributed by atoms with E-state index in [0.717, 1.165) is 9.35 Å². The lowest BCUT2D eigenvalue weighted by Crippen LogP contribution is -2.06. The third-order valence-electron chi connectivity index (χ3n) is 1.73. The summed E-state index contributed by atoms with van der Waals surface area (Å²) in [5.74, 6) is -0.395. The third-order valence-corrected chi connectivity index (χ3v) is 3.56. The van der Waals surface area contributed by atoms with Crippen molar-refractivity contribution in [2.75, 3.05) is 6.61 Å². The van der Waals surface area contributed by atoms with E-state index >= 15 is 0 Å². The van der Waals surface area contributed by atoms with Gasteiger partial charge in [-0.1, -0.05) is 0 Å². The highest BCUT2D eigenvalue weighted by atomic mass is 79.9. The van der Waals surface area contributed by atoms with Crippen molar-refractivity contribution in [3.63, 3.8) is 0 Å². The lowest BCUT2D eigenvalue weighted by Gasteiger charge is -1.94. The summed E-state index contributed by atoms with van der Waals surface area (Å²) in [6.07, 6.45) is 0. The molecular formula is C9H7BrN2O4S. The van der Waals surface area contributed by atoms with Gasteiger partial charge in [0, 0.05) is 4.47 Å². The van der Waals surface area contributed by atoms with Crippen LogP contribution in [0, 0.1) is 0 Å². The van der Waals surface area contributed by atoms with Crippen molar-refractivity contribution in [1.29, 1.82) is 0 Å². The van der Waals surface area contributed by atoms with E-state index in [4.69, 9.17) is 14.3 Å². The second-order valence-corrected chi connectivity index (χ2v) is 4.76. The summed E-state index contributed by atoms with van der Waals surface area (Å²) in [4.78, 5) is 11.1. The summed E-state index contributed by atoms with van der Waals surface area (Å²) >= 11 is 4.82. The van der Waals surface area contributed by atoms with E-state index in [0.29, 0.717) is 5.89 Å². The quantitative estimate of drug-likeness (QED) is 0.909. The molecule has 6 nitrogen and oxygen atoms in total. The molecule has 0 spiro atoms. The average molecular weight is 319 g/mol. The molecule has 2 rings (SSSR count). The van der Waals surface area contributed by atoms with E-state index < -0.39 is 5.97 Å². The van der Waals surface area contributed by atoms with Crippen LogP contribution in [-0.2, 0) is 16.1 Å². The van der Waals surface area contributed by atoms with Crippen molar-refractivity contribution in [2.45, 2.75) is 6.61 Å². The second kappa shape index (κ2) is 5.39. The van der Waals surface area contributed by atoms with Crippen molar-refractivity contribution in [1.82, 2.24) is 10.2 Å². The molecule has 0 fully saturated rings. The van der Waals surface area contributed by atoms with Crippen molar-refractivity contribution in [3.8, 4) is 10.8 Å². The van der Waals surface area contributed by atoms with Gasteiger partial charge in [0.15, 0.2) is 0 Å². The number of rotatable bonds is 5. The van der Waals surface area contributed by atoms with Crippen LogP contribution in [0.15, 0.2) is 20.3 Å². The molecule has 8 heteroatoms. The minimum absolute atomic E-state index is 0.0116. The van der Waals surface area contributed by atoms with Crippen LogP contribution in [0.2, 0.25) is 0 Å². The summed E-state index contributed by atoms with van der Waals surface area (Å²) in [7, 11) is 0. The van der Waals surface area contributed by atoms with Gasteiger partial charge in [0.05, 0.1) is 0 Å². The molecule has 0 saturated carbocycles. The number of ether oxygens (including phenoxy) is 1. The Balaban J connectivity index is 2.01. The minimum Gasteiger partial charge on any atom is -0.480 e. The molecule has 0 radical (unpaired) electrons. The highest BCUT2D eigenvalue weighted by Crippen LogP contribution is 2.32. The van der Waals surface area contributed by atoms with Crippen molar-refractivity contribution < 1.29 is 19.1 Å². The van der Waals surface area contributed by atoms with E-state index in [-0.39, 0.29) is 19.1 Å². The number of aliphatic carboxylic acids is 1. The molecule has 2 aromatic rings. The Morgan fingerprint density at radius 1 is 1.59 bits per heavy atom. The zero-order valence-electron chi connectivity index (χ0n) is 8.42. The first-order valence-corrected chi connectivity index (χ1v) is 6.19. The Hall–Kier alpha value is -1.25. The Labute approximate surface area is 108 Å². The number of halogens is 1. The molecule has 0 aliphatic rings. The van der Waals surface area contributed by atoms with Crippen LogP contribution in [0.4, 0.5) is 0 Å². The van der Waals surface area contributed by atoms with Crippen molar-refractivity contribution >= 4 is 33.2 Å². The predicted molar refractivity (Wildman–Crippen MR) is 62.6 cm³/mol. The van der Waals surface area contributed by atoms with E-state index in [2.05, 4.69) is 26.1 Å². The summed E-state index contributed by atoms with van der Waals surface area (Å²) < 4.78 is 11.0. The number of carbonyl (C=O) groups is 1. The Morgan fingerprint density at radius 2 is 2.41 bits per heavy atom. The van der Waals surface area contributed by atoms with Gasteiger partial charge in [-0.2, -0.15) is 0 Å². The van der Waals surface area contributed by atoms with Crippen LogP contribution < -0.4 is 0 Å². The first-order chi connectivity index (χ1) is 8.16. The molecule has 0 aliphatic heterocycles. The summed E-state index contributed by atoms with van der Waals surface area (Å²) in [5, 5.41) is 17.9. The lowest BCUT2D eigenvalue weighted by atomic mass is 10.5. The molecule has 0 aliphatic carbocycles. The number of hydrogen-bond acceptors (Lipinski definition) is 6. The summed E-state index contributed by atoms with van der Waals surface area (Å²) in [6.45, 7) is -0.400. The minimum atomic E-state index is -1.04. The lowest BCUT2D eigenvalue weighted by molar-refractivity contribution is -0.142. The standard InChI is InChI=1S/C9H7BrN2O4S/c10-5-1-2-17-8(5)9-12-11-6(16-9)3-15-4-7(13)14/h1-2H,3-4H2,(H,13,14). The molecule has 0 atom stereocenters. The topological polar surface area (TPSA) is 85.5 Å². The van der Waals surface area contributed by atoms with Gasteiger partial charge in [-0.15, -0.1) is 21.5 Å². The van der Waals surface area contributed by atoms with Gasteiger partial charge in [-0.05, 0) is 27.4 Å². The molecule has 2 heterocycles. The zero-order valence-corrected chi connectivity index (χ0v) is 10.8. The van der Waals surface area contributed by atoms with Crippen molar-refractivity contribution in [2.24, 2.45) is 0 Å². The van der Waals surface area contributed by atoms with Gasteiger partial charge >= 0.3 is 5.97 Å². The normalized spacial score (nSPS) is 10.6. The molecule has 90 valence electrons. The molecule has 0 amide bonds. The zero-order chi connectivity index (χ0) is 12.3. The molecule has 0 unspecified atom stereocenters. The molecule has 2 aromatic heterocycles. The fourth-order valence-electron chi connectivity index (χ4n) is 1.08. The largest absolute Gasteiger partial charge is 0.480 e. The van der Waals surface area contributed by atoms with Crippen LogP contribution in [0.5, 0.6) is 0 Å². The third kappa shape index (κ3) is 3.11. The molecule has 1 N–H and O–H groups in total. The smallest absolute Gasteiger partial charge is 0.329 e. The van der Waals surface area contributed by atoms with Crippen LogP contribution in [0.3, 0.4) is 0 Å². The fraction of sp³-hybridized carbons (Fsp3) is 0.222. The number of aromatic nitrogens is 2. The van der Waals surface area contributed by atoms with Gasteiger partial charge in [0.25, 0.3) is 5.89 Å². The number of carboxylic acid groups (broad SMARTS) is 1. The summed E-state index contributed by atoms with van der Waals surface area (Å²) in [5.41, 5.74) is 0. The molecule has 0 bridgehead atoms.